The highest BCUT2D eigenvalue weighted by Gasteiger charge is 2.24. The number of nitrogens with one attached hydrogen (secondary N) is 2. The lowest BCUT2D eigenvalue weighted by Crippen LogP contribution is -2.45. The van der Waals surface area contributed by atoms with Crippen molar-refractivity contribution in [2.24, 2.45) is 4.99 Å². The SMILES string of the molecule is CN=C(NCCS(=O)Cc1ccccc1)NC1CCN(c2cc(OC)cc(OC)c2)C1.I. The maximum atomic E-state index is 12.3. The van der Waals surface area contributed by atoms with E-state index in [2.05, 4.69) is 20.5 Å². The lowest BCUT2D eigenvalue weighted by atomic mass is 10.2. The van der Waals surface area contributed by atoms with Gasteiger partial charge >= 0.3 is 0 Å². The molecule has 0 bridgehead atoms. The number of halogens is 1. The summed E-state index contributed by atoms with van der Waals surface area (Å²) in [7, 11) is 4.18. The van der Waals surface area contributed by atoms with E-state index in [4.69, 9.17) is 9.47 Å². The molecule has 3 rings (SSSR count). The van der Waals surface area contributed by atoms with E-state index in [-0.39, 0.29) is 30.0 Å². The fourth-order valence-electron chi connectivity index (χ4n) is 3.59. The van der Waals surface area contributed by atoms with Gasteiger partial charge in [0.25, 0.3) is 0 Å². The third-order valence-corrected chi connectivity index (χ3v) is 6.56. The molecule has 0 aromatic heterocycles. The lowest BCUT2D eigenvalue weighted by Gasteiger charge is -2.21. The number of aliphatic imine (C=N–C) groups is 1. The van der Waals surface area contributed by atoms with Crippen LogP contribution in [0.3, 0.4) is 0 Å². The van der Waals surface area contributed by atoms with Gasteiger partial charge in [0.15, 0.2) is 5.96 Å². The molecular weight excluding hydrogens is 539 g/mol. The second-order valence-corrected chi connectivity index (χ2v) is 9.00. The first-order valence-electron chi connectivity index (χ1n) is 10.5. The Labute approximate surface area is 210 Å². The highest BCUT2D eigenvalue weighted by molar-refractivity contribution is 14.0. The molecule has 1 aliphatic rings. The predicted molar refractivity (Wildman–Crippen MR) is 143 cm³/mol. The zero-order chi connectivity index (χ0) is 22.1. The average molecular weight is 573 g/mol. The minimum atomic E-state index is -0.908. The summed E-state index contributed by atoms with van der Waals surface area (Å²) in [6.07, 6.45) is 1.00. The lowest BCUT2D eigenvalue weighted by molar-refractivity contribution is 0.394. The third kappa shape index (κ3) is 7.84. The number of hydrogen-bond acceptors (Lipinski definition) is 5. The topological polar surface area (TPSA) is 75.2 Å². The van der Waals surface area contributed by atoms with Crippen LogP contribution in [0.25, 0.3) is 0 Å². The van der Waals surface area contributed by atoms with E-state index < -0.39 is 10.8 Å². The van der Waals surface area contributed by atoms with Crippen LogP contribution in [0.1, 0.15) is 12.0 Å². The van der Waals surface area contributed by atoms with Gasteiger partial charge in [0.05, 0.1) is 14.2 Å². The highest BCUT2D eigenvalue weighted by atomic mass is 127. The smallest absolute Gasteiger partial charge is 0.191 e. The van der Waals surface area contributed by atoms with Gasteiger partial charge in [-0.3, -0.25) is 9.20 Å². The quantitative estimate of drug-likeness (QED) is 0.274. The van der Waals surface area contributed by atoms with Gasteiger partial charge in [-0.1, -0.05) is 30.3 Å². The van der Waals surface area contributed by atoms with Crippen molar-refractivity contribution >= 4 is 46.4 Å². The minimum Gasteiger partial charge on any atom is -0.497 e. The van der Waals surface area contributed by atoms with Crippen LogP contribution in [-0.2, 0) is 16.6 Å². The van der Waals surface area contributed by atoms with Crippen LogP contribution in [0, 0.1) is 0 Å². The minimum absolute atomic E-state index is 0. The Morgan fingerprint density at radius 3 is 2.47 bits per heavy atom. The molecule has 1 heterocycles. The Bertz CT molecular complexity index is 876. The molecular formula is C23H33IN4O3S. The second kappa shape index (κ2) is 13.5. The molecule has 0 aliphatic carbocycles. The molecule has 2 atom stereocenters. The van der Waals surface area contributed by atoms with Crippen molar-refractivity contribution in [2.75, 3.05) is 51.6 Å². The van der Waals surface area contributed by atoms with Gasteiger partial charge in [-0.2, -0.15) is 0 Å². The summed E-state index contributed by atoms with van der Waals surface area (Å²) in [6.45, 7) is 2.41. The van der Waals surface area contributed by atoms with Crippen molar-refractivity contribution in [3.05, 3.63) is 54.1 Å². The van der Waals surface area contributed by atoms with E-state index in [0.29, 0.717) is 18.1 Å². The number of guanidine groups is 1. The van der Waals surface area contributed by atoms with Crippen LogP contribution in [0.5, 0.6) is 11.5 Å². The summed E-state index contributed by atoms with van der Waals surface area (Å²) in [5, 5.41) is 6.77. The Morgan fingerprint density at radius 2 is 1.84 bits per heavy atom. The molecule has 2 N–H and O–H groups in total. The summed E-state index contributed by atoms with van der Waals surface area (Å²) in [6, 6.07) is 16.1. The molecule has 176 valence electrons. The summed E-state index contributed by atoms with van der Waals surface area (Å²) < 4.78 is 23.1. The first-order chi connectivity index (χ1) is 15.1. The van der Waals surface area contributed by atoms with Gasteiger partial charge in [0, 0.05) is 78.9 Å². The average Bonchev–Trinajstić information content (AvgIpc) is 3.27. The zero-order valence-corrected chi connectivity index (χ0v) is 22.0. The van der Waals surface area contributed by atoms with Gasteiger partial charge in [0.2, 0.25) is 0 Å². The first kappa shape index (κ1) is 26.2. The number of ether oxygens (including phenoxy) is 2. The van der Waals surface area contributed by atoms with Gasteiger partial charge in [-0.05, 0) is 12.0 Å². The standard InChI is InChI=1S/C23H32N4O3S.HI/c1-24-23(25-10-12-31(28)17-18-7-5-4-6-8-18)26-19-9-11-27(16-19)20-13-21(29-2)15-22(14-20)30-3;/h4-8,13-15,19H,9-12,16-17H2,1-3H3,(H2,24,25,26);1H. The molecule has 2 aromatic rings. The van der Waals surface area contributed by atoms with E-state index in [1.165, 1.54) is 0 Å². The molecule has 0 amide bonds. The van der Waals surface area contributed by atoms with Gasteiger partial charge < -0.3 is 25.0 Å². The van der Waals surface area contributed by atoms with Crippen LogP contribution in [0.4, 0.5) is 5.69 Å². The van der Waals surface area contributed by atoms with Crippen molar-refractivity contribution in [3.63, 3.8) is 0 Å². The molecule has 32 heavy (non-hydrogen) atoms. The largest absolute Gasteiger partial charge is 0.497 e. The number of hydrogen-bond donors (Lipinski definition) is 2. The normalized spacial score (nSPS) is 16.8. The first-order valence-corrected chi connectivity index (χ1v) is 11.9. The van der Waals surface area contributed by atoms with E-state index >= 15 is 0 Å². The van der Waals surface area contributed by atoms with Crippen LogP contribution in [-0.4, -0.2) is 62.9 Å². The van der Waals surface area contributed by atoms with Crippen molar-refractivity contribution < 1.29 is 13.7 Å². The zero-order valence-electron chi connectivity index (χ0n) is 18.9. The molecule has 0 spiro atoms. The van der Waals surface area contributed by atoms with Crippen LogP contribution >= 0.6 is 24.0 Å². The molecule has 7 nitrogen and oxygen atoms in total. The van der Waals surface area contributed by atoms with Crippen LogP contribution in [0.15, 0.2) is 53.5 Å². The number of benzene rings is 2. The van der Waals surface area contributed by atoms with Crippen LogP contribution < -0.4 is 25.0 Å². The van der Waals surface area contributed by atoms with Crippen LogP contribution in [0.2, 0.25) is 0 Å². The molecule has 2 aromatic carbocycles. The fourth-order valence-corrected chi connectivity index (χ4v) is 4.63. The van der Waals surface area contributed by atoms with E-state index in [9.17, 15) is 4.21 Å². The predicted octanol–water partition coefficient (Wildman–Crippen LogP) is 3.01. The highest BCUT2D eigenvalue weighted by Crippen LogP contribution is 2.30. The maximum absolute atomic E-state index is 12.3. The summed E-state index contributed by atoms with van der Waals surface area (Å²) in [5.41, 5.74) is 2.18. The Hall–Kier alpha value is -2.01. The number of nitrogens with zero attached hydrogens (tertiary/aromatic N) is 2. The fraction of sp³-hybridized carbons (Fsp3) is 0.435. The van der Waals surface area contributed by atoms with E-state index in [0.717, 1.165) is 48.2 Å². The number of rotatable bonds is 9. The van der Waals surface area contributed by atoms with E-state index in [1.54, 1.807) is 21.3 Å². The van der Waals surface area contributed by atoms with Crippen molar-refractivity contribution in [3.8, 4) is 11.5 Å². The van der Waals surface area contributed by atoms with E-state index in [1.807, 2.05) is 48.5 Å². The van der Waals surface area contributed by atoms with Gasteiger partial charge in [-0.15, -0.1) is 24.0 Å². The van der Waals surface area contributed by atoms with Crippen molar-refractivity contribution in [1.29, 1.82) is 0 Å². The molecule has 2 unspecified atom stereocenters. The molecule has 1 aliphatic heterocycles. The number of anilines is 1. The third-order valence-electron chi connectivity index (χ3n) is 5.25. The molecule has 0 radical (unpaired) electrons. The monoisotopic (exact) mass is 572 g/mol. The molecule has 1 fully saturated rings. The molecule has 1 saturated heterocycles. The Kier molecular flexibility index (Phi) is 11.1. The number of methoxy groups -OCH3 is 2. The maximum Gasteiger partial charge on any atom is 0.191 e. The van der Waals surface area contributed by atoms with Crippen molar-refractivity contribution in [2.45, 2.75) is 18.2 Å². The van der Waals surface area contributed by atoms with Gasteiger partial charge in [-0.25, -0.2) is 0 Å². The Balaban J connectivity index is 0.00000363. The second-order valence-electron chi connectivity index (χ2n) is 7.42. The Morgan fingerprint density at radius 1 is 1.16 bits per heavy atom. The van der Waals surface area contributed by atoms with Crippen molar-refractivity contribution in [1.82, 2.24) is 10.6 Å². The summed E-state index contributed by atoms with van der Waals surface area (Å²) in [4.78, 5) is 6.63. The molecule has 0 saturated carbocycles. The van der Waals surface area contributed by atoms with Gasteiger partial charge in [0.1, 0.15) is 11.5 Å². The molecule has 9 heteroatoms. The summed E-state index contributed by atoms with van der Waals surface area (Å²) in [5.74, 6) is 3.47. The summed E-state index contributed by atoms with van der Waals surface area (Å²) >= 11 is 0.